The van der Waals surface area contributed by atoms with Gasteiger partial charge in [0.05, 0.1) is 22.8 Å². The lowest BCUT2D eigenvalue weighted by Crippen LogP contribution is -2.19. The second-order valence-electron chi connectivity index (χ2n) is 8.88. The van der Waals surface area contributed by atoms with Crippen LogP contribution in [0.2, 0.25) is 5.02 Å². The first kappa shape index (κ1) is 22.6. The number of carbonyl (C=O) groups is 1. The van der Waals surface area contributed by atoms with Crippen molar-refractivity contribution in [3.8, 4) is 5.75 Å². The standard InChI is InChI=1S/C25H25ClFN5O2/c1-3-24(33)31-22-9-16-21(10-23(22)34-7-6-15-17-11-32(2)12-18(15)17)28-13-29-25(16)30-14-4-5-20(27)19(26)8-14/h3-5,8-10,13,15,17-18H,1,6-7,11-12H2,2H3,(H,31,33)(H,28,29,30)/t15-,17+,18-. The molecule has 2 fully saturated rings. The van der Waals surface area contributed by atoms with Crippen molar-refractivity contribution in [2.24, 2.45) is 17.8 Å². The van der Waals surface area contributed by atoms with Gasteiger partial charge in [-0.1, -0.05) is 18.2 Å². The van der Waals surface area contributed by atoms with Crippen LogP contribution in [0.15, 0.2) is 49.3 Å². The molecule has 1 saturated heterocycles. The molecular weight excluding hydrogens is 457 g/mol. The first-order chi connectivity index (χ1) is 16.4. The van der Waals surface area contributed by atoms with Gasteiger partial charge in [-0.2, -0.15) is 0 Å². The predicted molar refractivity (Wildman–Crippen MR) is 131 cm³/mol. The molecule has 3 atom stereocenters. The molecule has 2 aliphatic rings. The van der Waals surface area contributed by atoms with Crippen molar-refractivity contribution >= 4 is 45.6 Å². The number of fused-ring (bicyclic) bond motifs is 2. The first-order valence-electron chi connectivity index (χ1n) is 11.2. The summed E-state index contributed by atoms with van der Waals surface area (Å²) in [6.07, 6.45) is 3.62. The highest BCUT2D eigenvalue weighted by Crippen LogP contribution is 2.53. The topological polar surface area (TPSA) is 79.4 Å². The fraction of sp³-hybridized carbons (Fsp3) is 0.320. The summed E-state index contributed by atoms with van der Waals surface area (Å²) in [5.74, 6) is 2.46. The summed E-state index contributed by atoms with van der Waals surface area (Å²) in [4.78, 5) is 23.2. The Labute approximate surface area is 202 Å². The fourth-order valence-electron chi connectivity index (χ4n) is 4.89. The van der Waals surface area contributed by atoms with Gasteiger partial charge in [-0.05, 0) is 61.6 Å². The largest absolute Gasteiger partial charge is 0.491 e. The number of hydrogen-bond donors (Lipinski definition) is 2. The van der Waals surface area contributed by atoms with E-state index in [9.17, 15) is 9.18 Å². The van der Waals surface area contributed by atoms with Crippen molar-refractivity contribution in [1.29, 1.82) is 0 Å². The molecule has 1 saturated carbocycles. The molecular formula is C25H25ClFN5O2. The second-order valence-corrected chi connectivity index (χ2v) is 9.29. The third kappa shape index (κ3) is 4.56. The Morgan fingerprint density at radius 3 is 2.82 bits per heavy atom. The minimum Gasteiger partial charge on any atom is -0.491 e. The van der Waals surface area contributed by atoms with Gasteiger partial charge < -0.3 is 20.3 Å². The van der Waals surface area contributed by atoms with Crippen LogP contribution in [0.5, 0.6) is 5.75 Å². The van der Waals surface area contributed by atoms with Crippen molar-refractivity contribution in [1.82, 2.24) is 14.9 Å². The Morgan fingerprint density at radius 1 is 1.29 bits per heavy atom. The molecule has 5 rings (SSSR count). The molecule has 1 aromatic heterocycles. The number of likely N-dealkylation sites (tertiary alicyclic amines) is 1. The SMILES string of the molecule is C=CC(=O)Nc1cc2c(Nc3ccc(F)c(Cl)c3)ncnc2cc1OCC[C@H]1[C@H]2CN(C)C[C@@H]12. The van der Waals surface area contributed by atoms with E-state index >= 15 is 0 Å². The molecule has 176 valence electrons. The van der Waals surface area contributed by atoms with E-state index in [-0.39, 0.29) is 10.9 Å². The summed E-state index contributed by atoms with van der Waals surface area (Å²) in [5, 5.41) is 6.62. The number of benzene rings is 2. The highest BCUT2D eigenvalue weighted by Gasteiger charge is 2.53. The van der Waals surface area contributed by atoms with Gasteiger partial charge >= 0.3 is 0 Å². The number of piperidine rings is 1. The van der Waals surface area contributed by atoms with E-state index in [2.05, 4.69) is 39.1 Å². The number of nitrogens with one attached hydrogen (secondary N) is 2. The lowest BCUT2D eigenvalue weighted by Gasteiger charge is -2.16. The number of anilines is 3. The Hall–Kier alpha value is -3.23. The third-order valence-electron chi connectivity index (χ3n) is 6.62. The van der Waals surface area contributed by atoms with Crippen LogP contribution in [0.4, 0.5) is 21.6 Å². The van der Waals surface area contributed by atoms with Gasteiger partial charge in [-0.25, -0.2) is 14.4 Å². The second kappa shape index (κ2) is 9.19. The highest BCUT2D eigenvalue weighted by atomic mass is 35.5. The minimum absolute atomic E-state index is 0.00410. The normalized spacial score (nSPS) is 21.2. The maximum Gasteiger partial charge on any atom is 0.247 e. The lowest BCUT2D eigenvalue weighted by molar-refractivity contribution is -0.111. The molecule has 9 heteroatoms. The average molecular weight is 482 g/mol. The summed E-state index contributed by atoms with van der Waals surface area (Å²) in [6.45, 7) is 6.43. The van der Waals surface area contributed by atoms with Gasteiger partial charge in [0.25, 0.3) is 0 Å². The molecule has 0 unspecified atom stereocenters. The van der Waals surface area contributed by atoms with Crippen LogP contribution in [0.1, 0.15) is 6.42 Å². The molecule has 0 bridgehead atoms. The highest BCUT2D eigenvalue weighted by molar-refractivity contribution is 6.31. The van der Waals surface area contributed by atoms with E-state index in [1.807, 2.05) is 0 Å². The van der Waals surface area contributed by atoms with E-state index in [1.54, 1.807) is 18.2 Å². The van der Waals surface area contributed by atoms with Crippen LogP contribution in [0.3, 0.4) is 0 Å². The zero-order chi connectivity index (χ0) is 23.8. The number of rotatable bonds is 8. The lowest BCUT2D eigenvalue weighted by atomic mass is 10.1. The average Bonchev–Trinajstić information content (AvgIpc) is 3.27. The number of hydrogen-bond acceptors (Lipinski definition) is 6. The first-order valence-corrected chi connectivity index (χ1v) is 11.6. The number of aromatic nitrogens is 2. The van der Waals surface area contributed by atoms with Gasteiger partial charge in [-0.3, -0.25) is 4.79 Å². The van der Waals surface area contributed by atoms with Crippen molar-refractivity contribution in [3.05, 3.63) is 60.2 Å². The molecule has 2 heterocycles. The van der Waals surface area contributed by atoms with Gasteiger partial charge in [0.2, 0.25) is 5.91 Å². The van der Waals surface area contributed by atoms with Crippen LogP contribution in [-0.4, -0.2) is 47.5 Å². The van der Waals surface area contributed by atoms with Gasteiger partial charge in [0, 0.05) is 30.2 Å². The molecule has 34 heavy (non-hydrogen) atoms. The van der Waals surface area contributed by atoms with Gasteiger partial charge in [0.15, 0.2) is 0 Å². The summed E-state index contributed by atoms with van der Waals surface area (Å²) >= 11 is 5.91. The monoisotopic (exact) mass is 481 g/mol. The number of carbonyl (C=O) groups excluding carboxylic acids is 1. The van der Waals surface area contributed by atoms with Crippen molar-refractivity contribution < 1.29 is 13.9 Å². The Morgan fingerprint density at radius 2 is 2.09 bits per heavy atom. The Balaban J connectivity index is 1.39. The fourth-order valence-corrected chi connectivity index (χ4v) is 5.07. The maximum absolute atomic E-state index is 13.5. The van der Waals surface area contributed by atoms with E-state index in [4.69, 9.17) is 16.3 Å². The van der Waals surface area contributed by atoms with Crippen LogP contribution >= 0.6 is 11.6 Å². The van der Waals surface area contributed by atoms with E-state index in [1.165, 1.54) is 24.5 Å². The molecule has 2 aromatic carbocycles. The molecule has 0 spiro atoms. The molecule has 3 aromatic rings. The maximum atomic E-state index is 13.5. The molecule has 1 amide bonds. The zero-order valence-corrected chi connectivity index (χ0v) is 19.5. The van der Waals surface area contributed by atoms with Gasteiger partial charge in [0.1, 0.15) is 23.7 Å². The van der Waals surface area contributed by atoms with Crippen LogP contribution in [0, 0.1) is 23.6 Å². The van der Waals surface area contributed by atoms with E-state index in [0.29, 0.717) is 46.4 Å². The van der Waals surface area contributed by atoms with Crippen LogP contribution < -0.4 is 15.4 Å². The molecule has 0 radical (unpaired) electrons. The van der Waals surface area contributed by atoms with Crippen molar-refractivity contribution in [2.45, 2.75) is 6.42 Å². The number of halogens is 2. The molecule has 7 nitrogen and oxygen atoms in total. The van der Waals surface area contributed by atoms with Crippen LogP contribution in [-0.2, 0) is 4.79 Å². The quantitative estimate of drug-likeness (QED) is 0.447. The van der Waals surface area contributed by atoms with E-state index in [0.717, 1.165) is 31.3 Å². The number of ether oxygens (including phenoxy) is 1. The van der Waals surface area contributed by atoms with Crippen molar-refractivity contribution in [3.63, 3.8) is 0 Å². The van der Waals surface area contributed by atoms with Gasteiger partial charge in [-0.15, -0.1) is 0 Å². The van der Waals surface area contributed by atoms with E-state index < -0.39 is 5.82 Å². The molecule has 1 aliphatic heterocycles. The Kier molecular flexibility index (Phi) is 6.10. The summed E-state index contributed by atoms with van der Waals surface area (Å²) in [6, 6.07) is 7.88. The summed E-state index contributed by atoms with van der Waals surface area (Å²) in [7, 11) is 2.17. The summed E-state index contributed by atoms with van der Waals surface area (Å²) in [5.41, 5.74) is 1.72. The predicted octanol–water partition coefficient (Wildman–Crippen LogP) is 4.87. The molecule has 2 N–H and O–H groups in total. The summed E-state index contributed by atoms with van der Waals surface area (Å²) < 4.78 is 19.7. The smallest absolute Gasteiger partial charge is 0.247 e. The third-order valence-corrected chi connectivity index (χ3v) is 6.91. The Bertz CT molecular complexity index is 1260. The van der Waals surface area contributed by atoms with Crippen LogP contribution in [0.25, 0.3) is 10.9 Å². The molecule has 1 aliphatic carbocycles. The number of nitrogens with zero attached hydrogens (tertiary/aromatic N) is 3. The van der Waals surface area contributed by atoms with Crippen molar-refractivity contribution in [2.75, 3.05) is 37.4 Å². The number of amides is 1. The minimum atomic E-state index is -0.502. The zero-order valence-electron chi connectivity index (χ0n) is 18.7.